The smallest absolute Gasteiger partial charge is 0.121 e. The Morgan fingerprint density at radius 1 is 1.21 bits per heavy atom. The van der Waals surface area contributed by atoms with Crippen molar-refractivity contribution in [1.82, 2.24) is 0 Å². The van der Waals surface area contributed by atoms with E-state index in [4.69, 9.17) is 11.6 Å². The number of aryl methyl sites for hydroxylation is 1. The van der Waals surface area contributed by atoms with Gasteiger partial charge in [0, 0.05) is 20.7 Å². The quantitative estimate of drug-likeness (QED) is 0.795. The molecule has 0 aromatic heterocycles. The molecule has 0 amide bonds. The summed E-state index contributed by atoms with van der Waals surface area (Å²) in [6, 6.07) is 11.3. The molecule has 0 saturated heterocycles. The van der Waals surface area contributed by atoms with Gasteiger partial charge >= 0.3 is 0 Å². The van der Waals surface area contributed by atoms with Crippen LogP contribution in [0.5, 0.6) is 5.75 Å². The van der Waals surface area contributed by atoms with E-state index in [1.54, 1.807) is 6.07 Å². The Bertz CT molecular complexity index is 601. The van der Waals surface area contributed by atoms with E-state index in [1.165, 1.54) is 0 Å². The van der Waals surface area contributed by atoms with Crippen LogP contribution in [0.1, 0.15) is 24.1 Å². The van der Waals surface area contributed by atoms with Crippen molar-refractivity contribution >= 4 is 33.2 Å². The first-order valence-corrected chi connectivity index (χ1v) is 7.15. The lowest BCUT2D eigenvalue weighted by atomic mass is 10.0. The number of phenolic OH excluding ortho intramolecular Hbond substituents is 1. The van der Waals surface area contributed by atoms with Gasteiger partial charge in [0.15, 0.2) is 0 Å². The van der Waals surface area contributed by atoms with Gasteiger partial charge in [-0.15, -0.1) is 0 Å². The number of rotatable bonds is 3. The van der Waals surface area contributed by atoms with E-state index >= 15 is 0 Å². The summed E-state index contributed by atoms with van der Waals surface area (Å²) >= 11 is 9.38. The lowest BCUT2D eigenvalue weighted by Gasteiger charge is -2.18. The van der Waals surface area contributed by atoms with Crippen LogP contribution in [-0.2, 0) is 0 Å². The van der Waals surface area contributed by atoms with Gasteiger partial charge in [-0.05, 0) is 59.6 Å². The molecule has 0 fully saturated rings. The maximum absolute atomic E-state index is 9.98. The molecule has 0 aliphatic rings. The van der Waals surface area contributed by atoms with Crippen molar-refractivity contribution < 1.29 is 5.11 Å². The number of halogens is 2. The van der Waals surface area contributed by atoms with E-state index in [0.29, 0.717) is 10.8 Å². The first kappa shape index (κ1) is 14.2. The fourth-order valence-corrected chi connectivity index (χ4v) is 2.73. The standard InChI is InChI=1S/C15H15BrClNO/c1-9-3-5-12(15(19)7-9)10(2)18-14-6-4-11(17)8-13(14)16/h3-8,10,18-19H,1-2H3. The summed E-state index contributed by atoms with van der Waals surface area (Å²) in [5.41, 5.74) is 2.85. The van der Waals surface area contributed by atoms with E-state index in [1.807, 2.05) is 44.2 Å². The van der Waals surface area contributed by atoms with Crippen LogP contribution in [0.25, 0.3) is 0 Å². The molecule has 0 aliphatic carbocycles. The average Bonchev–Trinajstić information content (AvgIpc) is 2.32. The molecule has 0 radical (unpaired) electrons. The van der Waals surface area contributed by atoms with Crippen LogP contribution in [0.3, 0.4) is 0 Å². The average molecular weight is 341 g/mol. The second-order valence-electron chi connectivity index (χ2n) is 4.55. The lowest BCUT2D eigenvalue weighted by molar-refractivity contribution is 0.465. The van der Waals surface area contributed by atoms with Crippen LogP contribution in [0.15, 0.2) is 40.9 Å². The maximum atomic E-state index is 9.98. The molecule has 2 N–H and O–H groups in total. The third-order valence-corrected chi connectivity index (χ3v) is 3.85. The Hall–Kier alpha value is -1.19. The van der Waals surface area contributed by atoms with Crippen LogP contribution in [0.4, 0.5) is 5.69 Å². The van der Waals surface area contributed by atoms with Crippen LogP contribution < -0.4 is 5.32 Å². The van der Waals surface area contributed by atoms with Gasteiger partial charge < -0.3 is 10.4 Å². The van der Waals surface area contributed by atoms with Crippen LogP contribution in [-0.4, -0.2) is 5.11 Å². The minimum atomic E-state index is -0.00178. The summed E-state index contributed by atoms with van der Waals surface area (Å²) in [5.74, 6) is 0.310. The van der Waals surface area contributed by atoms with Gasteiger partial charge in [0.2, 0.25) is 0 Å². The second kappa shape index (κ2) is 5.85. The number of nitrogens with one attached hydrogen (secondary N) is 1. The third kappa shape index (κ3) is 3.43. The number of hydrogen-bond donors (Lipinski definition) is 2. The molecule has 4 heteroatoms. The fourth-order valence-electron chi connectivity index (χ4n) is 1.94. The topological polar surface area (TPSA) is 32.3 Å². The second-order valence-corrected chi connectivity index (χ2v) is 5.84. The molecule has 2 aromatic rings. The zero-order valence-corrected chi connectivity index (χ0v) is 13.1. The molecular formula is C15H15BrClNO. The molecular weight excluding hydrogens is 326 g/mol. The van der Waals surface area contributed by atoms with Crippen molar-refractivity contribution in [3.05, 3.63) is 57.0 Å². The number of hydrogen-bond acceptors (Lipinski definition) is 2. The van der Waals surface area contributed by atoms with Gasteiger partial charge in [0.25, 0.3) is 0 Å². The van der Waals surface area contributed by atoms with Gasteiger partial charge in [0.1, 0.15) is 5.75 Å². The van der Waals surface area contributed by atoms with Gasteiger partial charge in [-0.25, -0.2) is 0 Å². The van der Waals surface area contributed by atoms with E-state index < -0.39 is 0 Å². The van der Waals surface area contributed by atoms with E-state index in [0.717, 1.165) is 21.3 Å². The summed E-state index contributed by atoms with van der Waals surface area (Å²) < 4.78 is 0.901. The Morgan fingerprint density at radius 2 is 1.95 bits per heavy atom. The van der Waals surface area contributed by atoms with Crippen molar-refractivity contribution in [3.63, 3.8) is 0 Å². The molecule has 0 bridgehead atoms. The maximum Gasteiger partial charge on any atom is 0.121 e. The number of anilines is 1. The lowest BCUT2D eigenvalue weighted by Crippen LogP contribution is -2.07. The molecule has 2 nitrogen and oxygen atoms in total. The Kier molecular flexibility index (Phi) is 4.38. The highest BCUT2D eigenvalue weighted by Crippen LogP contribution is 2.32. The van der Waals surface area contributed by atoms with Gasteiger partial charge in [-0.2, -0.15) is 0 Å². The van der Waals surface area contributed by atoms with E-state index in [2.05, 4.69) is 21.2 Å². The highest BCUT2D eigenvalue weighted by molar-refractivity contribution is 9.10. The van der Waals surface area contributed by atoms with E-state index in [9.17, 15) is 5.11 Å². The summed E-state index contributed by atoms with van der Waals surface area (Å²) in [5, 5.41) is 14.0. The van der Waals surface area contributed by atoms with Gasteiger partial charge in [-0.1, -0.05) is 23.7 Å². The summed E-state index contributed by atoms with van der Waals surface area (Å²) in [6.45, 7) is 3.96. The molecule has 0 saturated carbocycles. The molecule has 0 spiro atoms. The van der Waals surface area contributed by atoms with E-state index in [-0.39, 0.29) is 6.04 Å². The molecule has 2 rings (SSSR count). The van der Waals surface area contributed by atoms with Crippen LogP contribution >= 0.6 is 27.5 Å². The van der Waals surface area contributed by atoms with Crippen molar-refractivity contribution in [2.45, 2.75) is 19.9 Å². The molecule has 2 aromatic carbocycles. The largest absolute Gasteiger partial charge is 0.508 e. The third-order valence-electron chi connectivity index (χ3n) is 2.96. The molecule has 1 atom stereocenters. The Labute approximate surface area is 126 Å². The molecule has 19 heavy (non-hydrogen) atoms. The predicted molar refractivity (Wildman–Crippen MR) is 84.0 cm³/mol. The highest BCUT2D eigenvalue weighted by atomic mass is 79.9. The van der Waals surface area contributed by atoms with Crippen molar-refractivity contribution in [1.29, 1.82) is 0 Å². The fraction of sp³-hybridized carbons (Fsp3) is 0.200. The first-order chi connectivity index (χ1) is 8.97. The van der Waals surface area contributed by atoms with Crippen molar-refractivity contribution in [3.8, 4) is 5.75 Å². The Balaban J connectivity index is 2.23. The predicted octanol–water partition coefficient (Wildman–Crippen LogP) is 5.29. The molecule has 1 unspecified atom stereocenters. The minimum Gasteiger partial charge on any atom is -0.508 e. The van der Waals surface area contributed by atoms with Gasteiger partial charge in [-0.3, -0.25) is 0 Å². The van der Waals surface area contributed by atoms with Crippen LogP contribution in [0, 0.1) is 6.92 Å². The number of benzene rings is 2. The summed E-state index contributed by atoms with van der Waals surface area (Å²) in [7, 11) is 0. The monoisotopic (exact) mass is 339 g/mol. The zero-order valence-electron chi connectivity index (χ0n) is 10.7. The zero-order chi connectivity index (χ0) is 14.0. The molecule has 0 heterocycles. The Morgan fingerprint density at radius 3 is 2.58 bits per heavy atom. The van der Waals surface area contributed by atoms with Crippen molar-refractivity contribution in [2.24, 2.45) is 0 Å². The van der Waals surface area contributed by atoms with Gasteiger partial charge in [0.05, 0.1) is 6.04 Å². The SMILES string of the molecule is Cc1ccc(C(C)Nc2ccc(Cl)cc2Br)c(O)c1. The van der Waals surface area contributed by atoms with Crippen molar-refractivity contribution in [2.75, 3.05) is 5.32 Å². The molecule has 0 aliphatic heterocycles. The minimum absolute atomic E-state index is 0.00178. The highest BCUT2D eigenvalue weighted by Gasteiger charge is 2.11. The number of phenols is 1. The number of aromatic hydroxyl groups is 1. The first-order valence-electron chi connectivity index (χ1n) is 5.98. The molecule has 100 valence electrons. The normalized spacial score (nSPS) is 12.2. The summed E-state index contributed by atoms with van der Waals surface area (Å²) in [6.07, 6.45) is 0. The van der Waals surface area contributed by atoms with Crippen LogP contribution in [0.2, 0.25) is 5.02 Å². The summed E-state index contributed by atoms with van der Waals surface area (Å²) in [4.78, 5) is 0.